The van der Waals surface area contributed by atoms with Crippen LogP contribution in [0.5, 0.6) is 0 Å². The third kappa shape index (κ3) is 3.68. The van der Waals surface area contributed by atoms with E-state index in [-0.39, 0.29) is 5.84 Å². The summed E-state index contributed by atoms with van der Waals surface area (Å²) in [6.07, 6.45) is 0. The van der Waals surface area contributed by atoms with Gasteiger partial charge < -0.3 is 9.32 Å². The molecule has 0 fully saturated rings. The lowest BCUT2D eigenvalue weighted by atomic mass is 9.64. The van der Waals surface area contributed by atoms with Crippen LogP contribution < -0.4 is 4.90 Å². The van der Waals surface area contributed by atoms with Crippen LogP contribution in [-0.4, -0.2) is 12.6 Å². The first-order chi connectivity index (χ1) is 24.2. The van der Waals surface area contributed by atoms with Crippen LogP contribution in [0.2, 0.25) is 0 Å². The quantitative estimate of drug-likeness (QED) is 0.156. The fraction of sp³-hybridized carbons (Fsp3) is 0.0222. The molecule has 1 aliphatic carbocycles. The molecule has 2 aliphatic rings. The second-order valence-electron chi connectivity index (χ2n) is 12.8. The van der Waals surface area contributed by atoms with Crippen molar-refractivity contribution >= 4 is 51.6 Å². The summed E-state index contributed by atoms with van der Waals surface area (Å²) in [5.41, 5.74) is 14.3. The fourth-order valence-electron chi connectivity index (χ4n) is 8.43. The standard InChI is InChI=1S/C45H29N3O/c1-47-44(46)33-15-11-18-38-43(33)34-26-28(29-22-24-32-31-14-5-10-21-41(31)49-42(32)27-29)23-25-35(34)45(38)36-16-6-8-19-39(36)48(30-12-3-2-4-13-30)40-20-9-7-17-37(40)45/h2-27,46H,1H2. The topological polar surface area (TPSA) is 52.6 Å². The molecule has 1 aromatic heterocycles. The molecule has 230 valence electrons. The van der Waals surface area contributed by atoms with E-state index in [4.69, 9.17) is 9.83 Å². The zero-order valence-corrected chi connectivity index (χ0v) is 26.5. The minimum Gasteiger partial charge on any atom is -0.456 e. The molecule has 4 nitrogen and oxygen atoms in total. The van der Waals surface area contributed by atoms with Crippen LogP contribution in [-0.2, 0) is 5.41 Å². The van der Waals surface area contributed by atoms with Crippen LogP contribution in [0.25, 0.3) is 44.2 Å². The number of anilines is 3. The van der Waals surface area contributed by atoms with Crippen LogP contribution in [0.1, 0.15) is 27.8 Å². The third-order valence-corrected chi connectivity index (χ3v) is 10.4. The second kappa shape index (κ2) is 10.2. The van der Waals surface area contributed by atoms with E-state index in [0.717, 1.165) is 72.4 Å². The van der Waals surface area contributed by atoms with Gasteiger partial charge in [-0.25, -0.2) is 4.99 Å². The largest absolute Gasteiger partial charge is 0.456 e. The van der Waals surface area contributed by atoms with E-state index in [1.807, 2.05) is 24.3 Å². The van der Waals surface area contributed by atoms with Gasteiger partial charge >= 0.3 is 0 Å². The minimum atomic E-state index is -0.623. The molecule has 10 rings (SSSR count). The third-order valence-electron chi connectivity index (χ3n) is 10.4. The van der Waals surface area contributed by atoms with E-state index in [0.29, 0.717) is 0 Å². The molecule has 1 spiro atoms. The van der Waals surface area contributed by atoms with Gasteiger partial charge in [-0.1, -0.05) is 109 Å². The number of rotatable bonds is 3. The van der Waals surface area contributed by atoms with Gasteiger partial charge in [0, 0.05) is 22.0 Å². The fourth-order valence-corrected chi connectivity index (χ4v) is 8.43. The van der Waals surface area contributed by atoms with E-state index in [9.17, 15) is 0 Å². The highest BCUT2D eigenvalue weighted by molar-refractivity contribution is 6.09. The lowest BCUT2D eigenvalue weighted by Crippen LogP contribution is -2.36. The molecule has 4 heteroatoms. The van der Waals surface area contributed by atoms with Gasteiger partial charge in [0.2, 0.25) is 0 Å². The Kier molecular flexibility index (Phi) is 5.76. The molecule has 1 N–H and O–H groups in total. The summed E-state index contributed by atoms with van der Waals surface area (Å²) in [6.45, 7) is 3.76. The van der Waals surface area contributed by atoms with Crippen LogP contribution >= 0.6 is 0 Å². The zero-order chi connectivity index (χ0) is 32.7. The molecule has 0 radical (unpaired) electrons. The van der Waals surface area contributed by atoms with Crippen LogP contribution in [0.3, 0.4) is 0 Å². The van der Waals surface area contributed by atoms with Crippen molar-refractivity contribution in [1.29, 1.82) is 5.41 Å². The Bertz CT molecular complexity index is 2620. The van der Waals surface area contributed by atoms with E-state index >= 15 is 0 Å². The number of nitrogens with zero attached hydrogens (tertiary/aromatic N) is 2. The van der Waals surface area contributed by atoms with Crippen LogP contribution in [0, 0.1) is 5.41 Å². The van der Waals surface area contributed by atoms with Gasteiger partial charge in [0.05, 0.1) is 16.8 Å². The SMILES string of the molecule is C=NC(=N)c1cccc2c1-c1cc(-c3ccc4c(c3)oc3ccccc34)ccc1C21c2ccccc2N(c2ccccc2)c2ccccc21. The second-order valence-corrected chi connectivity index (χ2v) is 12.8. The summed E-state index contributed by atoms with van der Waals surface area (Å²) >= 11 is 0. The Hall–Kier alpha value is -6.52. The van der Waals surface area contributed by atoms with E-state index in [2.05, 4.69) is 150 Å². The van der Waals surface area contributed by atoms with Gasteiger partial charge in [0.15, 0.2) is 5.84 Å². The van der Waals surface area contributed by atoms with Crippen molar-refractivity contribution in [2.45, 2.75) is 5.41 Å². The Morgan fingerprint density at radius 1 is 0.571 bits per heavy atom. The van der Waals surface area contributed by atoms with Crippen molar-refractivity contribution in [2.24, 2.45) is 4.99 Å². The summed E-state index contributed by atoms with van der Waals surface area (Å²) < 4.78 is 6.29. The minimum absolute atomic E-state index is 0.164. The van der Waals surface area contributed by atoms with Crippen molar-refractivity contribution in [3.05, 3.63) is 186 Å². The Balaban J connectivity index is 1.28. The summed E-state index contributed by atoms with van der Waals surface area (Å²) in [5, 5.41) is 11.2. The van der Waals surface area contributed by atoms with Crippen molar-refractivity contribution in [3.8, 4) is 22.3 Å². The first-order valence-electron chi connectivity index (χ1n) is 16.5. The van der Waals surface area contributed by atoms with Gasteiger partial charge in [0.1, 0.15) is 11.2 Å². The number of benzene rings is 7. The molecule has 8 aromatic rings. The Labute approximate surface area is 283 Å². The summed E-state index contributed by atoms with van der Waals surface area (Å²) in [5.74, 6) is 0.164. The first kappa shape index (κ1) is 27.6. The normalized spacial score (nSPS) is 13.6. The Morgan fingerprint density at radius 2 is 1.20 bits per heavy atom. The number of furan rings is 1. The maximum Gasteiger partial charge on any atom is 0.151 e. The maximum atomic E-state index is 8.94. The molecule has 49 heavy (non-hydrogen) atoms. The first-order valence-corrected chi connectivity index (χ1v) is 16.5. The van der Waals surface area contributed by atoms with Gasteiger partial charge in [-0.3, -0.25) is 5.41 Å². The highest BCUT2D eigenvalue weighted by Gasteiger charge is 2.52. The number of hydrogen-bond donors (Lipinski definition) is 1. The predicted octanol–water partition coefficient (Wildman–Crippen LogP) is 11.4. The van der Waals surface area contributed by atoms with Crippen molar-refractivity contribution in [3.63, 3.8) is 0 Å². The number of para-hydroxylation sites is 4. The molecule has 0 saturated carbocycles. The predicted molar refractivity (Wildman–Crippen MR) is 201 cm³/mol. The van der Waals surface area contributed by atoms with Crippen LogP contribution in [0.4, 0.5) is 17.1 Å². The van der Waals surface area contributed by atoms with Crippen molar-refractivity contribution < 1.29 is 4.42 Å². The number of hydrogen-bond acceptors (Lipinski definition) is 3. The summed E-state index contributed by atoms with van der Waals surface area (Å²) in [7, 11) is 0. The van der Waals surface area contributed by atoms with Gasteiger partial charge in [-0.2, -0.15) is 0 Å². The van der Waals surface area contributed by atoms with Crippen LogP contribution in [0.15, 0.2) is 167 Å². The molecular weight excluding hydrogens is 599 g/mol. The van der Waals surface area contributed by atoms with E-state index < -0.39 is 5.41 Å². The molecule has 1 aliphatic heterocycles. The number of amidine groups is 1. The molecular formula is C45H29N3O. The lowest BCUT2D eigenvalue weighted by Gasteiger charge is -2.45. The average Bonchev–Trinajstić information content (AvgIpc) is 3.68. The van der Waals surface area contributed by atoms with E-state index in [1.54, 1.807) is 0 Å². The Morgan fingerprint density at radius 3 is 1.98 bits per heavy atom. The zero-order valence-electron chi connectivity index (χ0n) is 26.5. The maximum absolute atomic E-state index is 8.94. The molecule has 0 bridgehead atoms. The summed E-state index contributed by atoms with van der Waals surface area (Å²) in [4.78, 5) is 6.51. The molecule has 0 atom stereocenters. The summed E-state index contributed by atoms with van der Waals surface area (Å²) in [6, 6.07) is 55.9. The smallest absolute Gasteiger partial charge is 0.151 e. The lowest BCUT2D eigenvalue weighted by molar-refractivity contribution is 0.669. The highest BCUT2D eigenvalue weighted by Crippen LogP contribution is 2.64. The molecule has 7 aromatic carbocycles. The molecule has 0 saturated heterocycles. The number of nitrogens with one attached hydrogen (secondary N) is 1. The molecule has 0 amide bonds. The highest BCUT2D eigenvalue weighted by atomic mass is 16.3. The van der Waals surface area contributed by atoms with Gasteiger partial charge in [-0.05, 0) is 99.8 Å². The molecule has 2 heterocycles. The number of fused-ring (bicyclic) bond motifs is 12. The van der Waals surface area contributed by atoms with E-state index in [1.165, 1.54) is 16.7 Å². The monoisotopic (exact) mass is 627 g/mol. The van der Waals surface area contributed by atoms with Crippen molar-refractivity contribution in [2.75, 3.05) is 4.90 Å². The van der Waals surface area contributed by atoms with Crippen molar-refractivity contribution in [1.82, 2.24) is 0 Å². The number of aliphatic imine (C=N–C) groups is 1. The molecule has 0 unspecified atom stereocenters. The van der Waals surface area contributed by atoms with Gasteiger partial charge in [-0.15, -0.1) is 0 Å². The average molecular weight is 628 g/mol. The van der Waals surface area contributed by atoms with Gasteiger partial charge in [0.25, 0.3) is 0 Å².